The molecule has 0 atom stereocenters. The van der Waals surface area contributed by atoms with Gasteiger partial charge in [-0.1, -0.05) is 35.9 Å². The molecule has 0 bridgehead atoms. The first kappa shape index (κ1) is 11.5. The van der Waals surface area contributed by atoms with Crippen LogP contribution in [-0.2, 0) is 6.54 Å². The first-order valence-corrected chi connectivity index (χ1v) is 5.50. The van der Waals surface area contributed by atoms with Crippen LogP contribution >= 0.6 is 0 Å². The molecule has 0 fully saturated rings. The summed E-state index contributed by atoms with van der Waals surface area (Å²) >= 11 is 0. The van der Waals surface area contributed by atoms with Gasteiger partial charge in [0.1, 0.15) is 5.82 Å². The molecule has 0 aliphatic carbocycles. The van der Waals surface area contributed by atoms with Crippen molar-refractivity contribution in [1.82, 2.24) is 0 Å². The van der Waals surface area contributed by atoms with E-state index in [1.54, 1.807) is 12.1 Å². The van der Waals surface area contributed by atoms with Gasteiger partial charge in [0.15, 0.2) is 0 Å². The molecular formula is C14H15FN2. The van der Waals surface area contributed by atoms with Gasteiger partial charge in [-0.15, -0.1) is 0 Å². The molecule has 0 spiro atoms. The average Bonchev–Trinajstić information content (AvgIpc) is 2.31. The van der Waals surface area contributed by atoms with Crippen LogP contribution in [0.15, 0.2) is 42.5 Å². The van der Waals surface area contributed by atoms with E-state index in [0.29, 0.717) is 12.2 Å². The third-order valence-electron chi connectivity index (χ3n) is 2.62. The van der Waals surface area contributed by atoms with E-state index in [0.717, 1.165) is 5.56 Å². The van der Waals surface area contributed by atoms with Crippen LogP contribution in [0.4, 0.5) is 15.8 Å². The van der Waals surface area contributed by atoms with Gasteiger partial charge in [0, 0.05) is 6.54 Å². The van der Waals surface area contributed by atoms with Crippen molar-refractivity contribution in [1.29, 1.82) is 0 Å². The Kier molecular flexibility index (Phi) is 3.28. The maximum atomic E-state index is 13.2. The van der Waals surface area contributed by atoms with Gasteiger partial charge in [-0.3, -0.25) is 0 Å². The number of aryl methyl sites for hydroxylation is 1. The molecule has 0 heterocycles. The van der Waals surface area contributed by atoms with E-state index < -0.39 is 0 Å². The molecule has 0 saturated carbocycles. The fraction of sp³-hybridized carbons (Fsp3) is 0.143. The summed E-state index contributed by atoms with van der Waals surface area (Å²) in [5.41, 5.74) is 8.79. The van der Waals surface area contributed by atoms with Crippen LogP contribution in [0, 0.1) is 12.7 Å². The van der Waals surface area contributed by atoms with Gasteiger partial charge in [-0.2, -0.15) is 0 Å². The zero-order valence-corrected chi connectivity index (χ0v) is 9.70. The molecule has 17 heavy (non-hydrogen) atoms. The number of hydrogen-bond acceptors (Lipinski definition) is 2. The van der Waals surface area contributed by atoms with E-state index in [1.165, 1.54) is 11.6 Å². The number of benzene rings is 2. The van der Waals surface area contributed by atoms with Crippen molar-refractivity contribution >= 4 is 11.4 Å². The summed E-state index contributed by atoms with van der Waals surface area (Å²) in [6.07, 6.45) is 0. The number of anilines is 2. The lowest BCUT2D eigenvalue weighted by molar-refractivity contribution is 0.633. The van der Waals surface area contributed by atoms with Crippen molar-refractivity contribution in [3.63, 3.8) is 0 Å². The molecule has 2 rings (SSSR count). The van der Waals surface area contributed by atoms with Crippen molar-refractivity contribution in [2.45, 2.75) is 13.5 Å². The van der Waals surface area contributed by atoms with Crippen LogP contribution in [-0.4, -0.2) is 0 Å². The van der Waals surface area contributed by atoms with Crippen molar-refractivity contribution in [3.8, 4) is 0 Å². The molecule has 0 unspecified atom stereocenters. The van der Waals surface area contributed by atoms with Gasteiger partial charge in [0.05, 0.1) is 11.4 Å². The van der Waals surface area contributed by atoms with E-state index in [1.807, 2.05) is 25.1 Å². The molecule has 88 valence electrons. The Morgan fingerprint density at radius 3 is 2.71 bits per heavy atom. The monoisotopic (exact) mass is 230 g/mol. The Hall–Kier alpha value is -2.03. The molecule has 0 aliphatic heterocycles. The van der Waals surface area contributed by atoms with E-state index in [2.05, 4.69) is 11.4 Å². The number of para-hydroxylation sites is 1. The van der Waals surface area contributed by atoms with Gasteiger partial charge < -0.3 is 11.1 Å². The highest BCUT2D eigenvalue weighted by Crippen LogP contribution is 2.21. The van der Waals surface area contributed by atoms with Crippen molar-refractivity contribution in [2.75, 3.05) is 11.1 Å². The van der Waals surface area contributed by atoms with Crippen LogP contribution in [0.2, 0.25) is 0 Å². The van der Waals surface area contributed by atoms with E-state index >= 15 is 0 Å². The summed E-state index contributed by atoms with van der Waals surface area (Å²) in [5, 5.41) is 3.13. The van der Waals surface area contributed by atoms with Gasteiger partial charge in [-0.05, 0) is 24.6 Å². The number of halogens is 1. The lowest BCUT2D eigenvalue weighted by Gasteiger charge is -2.10. The van der Waals surface area contributed by atoms with E-state index in [9.17, 15) is 4.39 Å². The average molecular weight is 230 g/mol. The zero-order chi connectivity index (χ0) is 12.3. The quantitative estimate of drug-likeness (QED) is 0.794. The van der Waals surface area contributed by atoms with E-state index in [-0.39, 0.29) is 11.5 Å². The summed E-state index contributed by atoms with van der Waals surface area (Å²) in [6.45, 7) is 2.68. The predicted octanol–water partition coefficient (Wildman–Crippen LogP) is 3.33. The first-order valence-electron chi connectivity index (χ1n) is 5.50. The van der Waals surface area contributed by atoms with Crippen LogP contribution in [0.5, 0.6) is 0 Å². The minimum atomic E-state index is -0.390. The van der Waals surface area contributed by atoms with Gasteiger partial charge >= 0.3 is 0 Å². The van der Waals surface area contributed by atoms with Crippen LogP contribution < -0.4 is 11.1 Å². The normalized spacial score (nSPS) is 10.2. The van der Waals surface area contributed by atoms with Crippen LogP contribution in [0.3, 0.4) is 0 Å². The zero-order valence-electron chi connectivity index (χ0n) is 9.70. The molecular weight excluding hydrogens is 215 g/mol. The molecule has 2 aromatic rings. The van der Waals surface area contributed by atoms with E-state index in [4.69, 9.17) is 5.73 Å². The number of rotatable bonds is 3. The largest absolute Gasteiger partial charge is 0.395 e. The summed E-state index contributed by atoms with van der Waals surface area (Å²) in [4.78, 5) is 0. The fourth-order valence-corrected chi connectivity index (χ4v) is 1.71. The Morgan fingerprint density at radius 2 is 1.94 bits per heavy atom. The molecule has 0 amide bonds. The molecule has 2 nitrogen and oxygen atoms in total. The van der Waals surface area contributed by atoms with Gasteiger partial charge in [0.2, 0.25) is 0 Å². The number of nitrogens with one attached hydrogen (secondary N) is 1. The standard InChI is InChI=1S/C14H15FN2/c1-10-4-2-5-11(8-10)9-17-13-7-3-6-12(15)14(13)16/h2-8,17H,9,16H2,1H3. The number of nitrogens with two attached hydrogens (primary N) is 1. The summed E-state index contributed by atoms with van der Waals surface area (Å²) in [6, 6.07) is 12.9. The fourth-order valence-electron chi connectivity index (χ4n) is 1.71. The Labute approximate surface area is 100 Å². The molecule has 3 heteroatoms. The summed E-state index contributed by atoms with van der Waals surface area (Å²) in [5.74, 6) is -0.390. The maximum absolute atomic E-state index is 13.2. The van der Waals surface area contributed by atoms with Gasteiger partial charge in [-0.25, -0.2) is 4.39 Å². The molecule has 0 radical (unpaired) electrons. The highest BCUT2D eigenvalue weighted by atomic mass is 19.1. The second kappa shape index (κ2) is 4.87. The Morgan fingerprint density at radius 1 is 1.18 bits per heavy atom. The summed E-state index contributed by atoms with van der Waals surface area (Å²) < 4.78 is 13.2. The Bertz CT molecular complexity index is 523. The lowest BCUT2D eigenvalue weighted by Crippen LogP contribution is -2.03. The summed E-state index contributed by atoms with van der Waals surface area (Å²) in [7, 11) is 0. The first-order chi connectivity index (χ1) is 8.16. The Balaban J connectivity index is 2.10. The topological polar surface area (TPSA) is 38.0 Å². The van der Waals surface area contributed by atoms with Crippen molar-refractivity contribution < 1.29 is 4.39 Å². The van der Waals surface area contributed by atoms with Crippen LogP contribution in [0.25, 0.3) is 0 Å². The smallest absolute Gasteiger partial charge is 0.148 e. The second-order valence-electron chi connectivity index (χ2n) is 4.04. The number of nitrogen functional groups attached to an aromatic ring is 1. The molecule has 2 aromatic carbocycles. The lowest BCUT2D eigenvalue weighted by atomic mass is 10.1. The molecule has 0 aliphatic rings. The van der Waals surface area contributed by atoms with Crippen LogP contribution in [0.1, 0.15) is 11.1 Å². The minimum Gasteiger partial charge on any atom is -0.395 e. The molecule has 3 N–H and O–H groups in total. The van der Waals surface area contributed by atoms with Crippen molar-refractivity contribution in [3.05, 3.63) is 59.4 Å². The molecule has 0 aromatic heterocycles. The molecule has 0 saturated heterocycles. The van der Waals surface area contributed by atoms with Gasteiger partial charge in [0.25, 0.3) is 0 Å². The third-order valence-corrected chi connectivity index (χ3v) is 2.62. The second-order valence-corrected chi connectivity index (χ2v) is 4.04. The highest BCUT2D eigenvalue weighted by Gasteiger charge is 2.03. The maximum Gasteiger partial charge on any atom is 0.148 e. The third kappa shape index (κ3) is 2.75. The SMILES string of the molecule is Cc1cccc(CNc2cccc(F)c2N)c1. The predicted molar refractivity (Wildman–Crippen MR) is 69.3 cm³/mol. The minimum absolute atomic E-state index is 0.167. The number of hydrogen-bond donors (Lipinski definition) is 2. The van der Waals surface area contributed by atoms with Crippen molar-refractivity contribution in [2.24, 2.45) is 0 Å². The highest BCUT2D eigenvalue weighted by molar-refractivity contribution is 5.66.